The van der Waals surface area contributed by atoms with Gasteiger partial charge in [-0.3, -0.25) is 9.48 Å². The van der Waals surface area contributed by atoms with Gasteiger partial charge in [-0.15, -0.1) is 11.3 Å². The van der Waals surface area contributed by atoms with Crippen LogP contribution in [0.4, 0.5) is 13.2 Å². The van der Waals surface area contributed by atoms with E-state index in [1.54, 1.807) is 33.2 Å². The van der Waals surface area contributed by atoms with Crippen molar-refractivity contribution in [2.24, 2.45) is 0 Å². The number of amides is 1. The maximum atomic E-state index is 13.0. The summed E-state index contributed by atoms with van der Waals surface area (Å²) in [6.45, 7) is 1.99. The number of rotatable bonds is 4. The smallest absolute Gasteiger partial charge is 0.344 e. The minimum Gasteiger partial charge on any atom is -0.344 e. The standard InChI is InChI=1S/C14H16F3N3OS/c1-4-7-20-12(14(15,16)17)8-9(18-20)10-5-6-11(22-10)13(21)19(2)3/h5-6,8H,4,7H2,1-3H3. The zero-order valence-electron chi connectivity index (χ0n) is 12.4. The number of hydrogen-bond acceptors (Lipinski definition) is 3. The van der Waals surface area contributed by atoms with Crippen LogP contribution in [0, 0.1) is 0 Å². The molecule has 0 radical (unpaired) electrons. The van der Waals surface area contributed by atoms with Crippen LogP contribution in [0.2, 0.25) is 0 Å². The molecule has 2 aromatic heterocycles. The normalized spacial score (nSPS) is 11.7. The summed E-state index contributed by atoms with van der Waals surface area (Å²) in [5.41, 5.74) is -0.526. The van der Waals surface area contributed by atoms with Gasteiger partial charge in [0.25, 0.3) is 5.91 Å². The first kappa shape index (κ1) is 16.5. The molecule has 0 unspecified atom stereocenters. The van der Waals surface area contributed by atoms with Gasteiger partial charge in [-0.25, -0.2) is 0 Å². The highest BCUT2D eigenvalue weighted by molar-refractivity contribution is 7.17. The molecule has 8 heteroatoms. The van der Waals surface area contributed by atoms with E-state index < -0.39 is 11.9 Å². The molecule has 0 spiro atoms. The molecule has 120 valence electrons. The molecule has 0 saturated heterocycles. The van der Waals surface area contributed by atoms with Gasteiger partial charge in [0.1, 0.15) is 11.4 Å². The second-order valence-corrected chi connectivity index (χ2v) is 6.08. The number of aromatic nitrogens is 2. The first-order valence-corrected chi connectivity index (χ1v) is 7.52. The predicted molar refractivity (Wildman–Crippen MR) is 78.9 cm³/mol. The highest BCUT2D eigenvalue weighted by Crippen LogP contribution is 2.34. The van der Waals surface area contributed by atoms with Crippen molar-refractivity contribution in [1.29, 1.82) is 0 Å². The van der Waals surface area contributed by atoms with Crippen molar-refractivity contribution in [3.8, 4) is 10.6 Å². The quantitative estimate of drug-likeness (QED) is 0.856. The lowest BCUT2D eigenvalue weighted by Gasteiger charge is -2.08. The third kappa shape index (κ3) is 3.32. The van der Waals surface area contributed by atoms with Gasteiger partial charge >= 0.3 is 6.18 Å². The Kier molecular flexibility index (Phi) is 4.60. The Morgan fingerprint density at radius 3 is 2.59 bits per heavy atom. The minimum atomic E-state index is -4.44. The van der Waals surface area contributed by atoms with Crippen LogP contribution >= 0.6 is 11.3 Å². The van der Waals surface area contributed by atoms with Crippen molar-refractivity contribution in [2.75, 3.05) is 14.1 Å². The van der Waals surface area contributed by atoms with Crippen LogP contribution in [0.1, 0.15) is 28.7 Å². The molecule has 22 heavy (non-hydrogen) atoms. The summed E-state index contributed by atoms with van der Waals surface area (Å²) in [6.07, 6.45) is -3.89. The summed E-state index contributed by atoms with van der Waals surface area (Å²) in [6, 6.07) is 4.26. The van der Waals surface area contributed by atoms with Gasteiger partial charge < -0.3 is 4.90 Å². The fourth-order valence-electron chi connectivity index (χ4n) is 1.96. The molecule has 2 aromatic rings. The van der Waals surface area contributed by atoms with E-state index in [4.69, 9.17) is 0 Å². The third-order valence-electron chi connectivity index (χ3n) is 2.98. The lowest BCUT2D eigenvalue weighted by Crippen LogP contribution is -2.20. The molecule has 0 atom stereocenters. The molecule has 0 N–H and O–H groups in total. The molecule has 2 rings (SSSR count). The molecule has 0 aliphatic rings. The second kappa shape index (κ2) is 6.12. The molecule has 0 aliphatic carbocycles. The van der Waals surface area contributed by atoms with E-state index in [-0.39, 0.29) is 18.1 Å². The summed E-state index contributed by atoms with van der Waals surface area (Å²) in [5.74, 6) is -0.180. The number of aryl methyl sites for hydroxylation is 1. The van der Waals surface area contributed by atoms with E-state index in [2.05, 4.69) is 5.10 Å². The minimum absolute atomic E-state index is 0.180. The summed E-state index contributed by atoms with van der Waals surface area (Å²) < 4.78 is 40.0. The van der Waals surface area contributed by atoms with E-state index in [0.717, 1.165) is 22.1 Å². The van der Waals surface area contributed by atoms with Gasteiger partial charge in [-0.2, -0.15) is 18.3 Å². The van der Waals surface area contributed by atoms with Crippen molar-refractivity contribution < 1.29 is 18.0 Å². The number of alkyl halides is 3. The fraction of sp³-hybridized carbons (Fsp3) is 0.429. The molecule has 0 fully saturated rings. The number of nitrogens with zero attached hydrogens (tertiary/aromatic N) is 3. The number of carbonyl (C=O) groups is 1. The Hall–Kier alpha value is -1.83. The van der Waals surface area contributed by atoms with Gasteiger partial charge in [0.15, 0.2) is 0 Å². The Morgan fingerprint density at radius 1 is 1.36 bits per heavy atom. The van der Waals surface area contributed by atoms with Crippen LogP contribution in [0.3, 0.4) is 0 Å². The number of halogens is 3. The lowest BCUT2D eigenvalue weighted by molar-refractivity contribution is -0.144. The number of carbonyl (C=O) groups excluding carboxylic acids is 1. The van der Waals surface area contributed by atoms with Crippen molar-refractivity contribution in [1.82, 2.24) is 14.7 Å². The Morgan fingerprint density at radius 2 is 2.05 bits per heavy atom. The van der Waals surface area contributed by atoms with Gasteiger partial charge in [-0.1, -0.05) is 6.92 Å². The number of hydrogen-bond donors (Lipinski definition) is 0. The van der Waals surface area contributed by atoms with Gasteiger partial charge in [0.05, 0.1) is 9.75 Å². The zero-order valence-corrected chi connectivity index (χ0v) is 13.3. The van der Waals surface area contributed by atoms with Crippen LogP contribution in [-0.4, -0.2) is 34.7 Å². The topological polar surface area (TPSA) is 38.1 Å². The molecule has 0 bridgehead atoms. The van der Waals surface area contributed by atoms with E-state index in [1.807, 2.05) is 0 Å². The molecular formula is C14H16F3N3OS. The fourth-order valence-corrected chi connectivity index (χ4v) is 2.94. The van der Waals surface area contributed by atoms with Crippen LogP contribution in [0.15, 0.2) is 18.2 Å². The largest absolute Gasteiger partial charge is 0.433 e. The molecule has 1 amide bonds. The van der Waals surface area contributed by atoms with Crippen molar-refractivity contribution in [3.63, 3.8) is 0 Å². The van der Waals surface area contributed by atoms with E-state index in [9.17, 15) is 18.0 Å². The Bertz CT molecular complexity index is 673. The molecule has 2 heterocycles. The monoisotopic (exact) mass is 331 g/mol. The first-order chi connectivity index (χ1) is 10.2. The molecular weight excluding hydrogens is 315 g/mol. The van der Waals surface area contributed by atoms with Gasteiger partial charge in [0.2, 0.25) is 0 Å². The molecule has 4 nitrogen and oxygen atoms in total. The zero-order chi connectivity index (χ0) is 16.5. The summed E-state index contributed by atoms with van der Waals surface area (Å²) in [4.78, 5) is 14.3. The van der Waals surface area contributed by atoms with Crippen LogP contribution in [-0.2, 0) is 12.7 Å². The Labute approximate surface area is 130 Å². The summed E-state index contributed by atoms with van der Waals surface area (Å²) in [5, 5.41) is 4.04. The van der Waals surface area contributed by atoms with E-state index in [1.165, 1.54) is 4.90 Å². The molecule has 0 aliphatic heterocycles. The predicted octanol–water partition coefficient (Wildman–Crippen LogP) is 3.74. The second-order valence-electron chi connectivity index (χ2n) is 5.00. The molecule has 0 saturated carbocycles. The van der Waals surface area contributed by atoms with Crippen LogP contribution < -0.4 is 0 Å². The van der Waals surface area contributed by atoms with Gasteiger partial charge in [-0.05, 0) is 24.6 Å². The van der Waals surface area contributed by atoms with Crippen molar-refractivity contribution >= 4 is 17.2 Å². The first-order valence-electron chi connectivity index (χ1n) is 6.71. The third-order valence-corrected chi connectivity index (χ3v) is 4.08. The lowest BCUT2D eigenvalue weighted by atomic mass is 10.3. The summed E-state index contributed by atoms with van der Waals surface area (Å²) in [7, 11) is 3.25. The highest BCUT2D eigenvalue weighted by atomic mass is 32.1. The molecule has 0 aromatic carbocycles. The average Bonchev–Trinajstić information content (AvgIpc) is 3.03. The van der Waals surface area contributed by atoms with Gasteiger partial charge in [0, 0.05) is 20.6 Å². The van der Waals surface area contributed by atoms with Crippen LogP contribution in [0.5, 0.6) is 0 Å². The summed E-state index contributed by atoms with van der Waals surface area (Å²) >= 11 is 1.14. The maximum absolute atomic E-state index is 13.0. The number of thiophene rings is 1. The van der Waals surface area contributed by atoms with E-state index >= 15 is 0 Å². The highest BCUT2D eigenvalue weighted by Gasteiger charge is 2.36. The SMILES string of the molecule is CCCn1nc(-c2ccc(C(=O)N(C)C)s2)cc1C(F)(F)F. The van der Waals surface area contributed by atoms with E-state index in [0.29, 0.717) is 16.2 Å². The van der Waals surface area contributed by atoms with Crippen LogP contribution in [0.25, 0.3) is 10.6 Å². The average molecular weight is 331 g/mol. The van der Waals surface area contributed by atoms with Crippen molar-refractivity contribution in [3.05, 3.63) is 28.8 Å². The maximum Gasteiger partial charge on any atom is 0.433 e. The Balaban J connectivity index is 2.39. The van der Waals surface area contributed by atoms with Crippen molar-refractivity contribution in [2.45, 2.75) is 26.1 Å².